The molecular formula is C2H2N5+. The van der Waals surface area contributed by atoms with E-state index in [9.17, 15) is 0 Å². The van der Waals surface area contributed by atoms with Gasteiger partial charge in [-0.25, -0.2) is 0 Å². The highest BCUT2D eigenvalue weighted by atomic mass is 15.3. The zero-order valence-electron chi connectivity index (χ0n) is 3.44. The van der Waals surface area contributed by atoms with Gasteiger partial charge in [-0.15, -0.1) is 0 Å². The Morgan fingerprint density at radius 3 is 2.86 bits per heavy atom. The van der Waals surface area contributed by atoms with Gasteiger partial charge in [0.25, 0.3) is 0 Å². The van der Waals surface area contributed by atoms with E-state index in [2.05, 4.69) is 20.2 Å². The summed E-state index contributed by atoms with van der Waals surface area (Å²) in [6.45, 7) is 0.291. The van der Waals surface area contributed by atoms with E-state index in [-0.39, 0.29) is 5.96 Å². The largest absolute Gasteiger partial charge is 0.580 e. The number of rotatable bonds is 0. The Kier molecular flexibility index (Phi) is 0.788. The summed E-state index contributed by atoms with van der Waals surface area (Å²) in [7, 11) is 0. The van der Waals surface area contributed by atoms with Crippen molar-refractivity contribution < 1.29 is 0 Å². The molecule has 1 aliphatic heterocycles. The second kappa shape index (κ2) is 1.43. The third-order valence-corrected chi connectivity index (χ3v) is 0.525. The van der Waals surface area contributed by atoms with Gasteiger partial charge in [-0.2, -0.15) is 0 Å². The van der Waals surface area contributed by atoms with Crippen LogP contribution in [0.5, 0.6) is 0 Å². The smallest absolute Gasteiger partial charge is 0.0667 e. The second-order valence-electron chi connectivity index (χ2n) is 0.941. The average molecular weight is 96.1 g/mol. The first kappa shape index (κ1) is 3.87. The first-order valence-electron chi connectivity index (χ1n) is 1.70. The second-order valence-corrected chi connectivity index (χ2v) is 0.941. The minimum atomic E-state index is 0.0556. The average Bonchev–Trinajstić information content (AvgIpc) is 2.14. The number of hydrogen-bond acceptors (Lipinski definition) is 4. The van der Waals surface area contributed by atoms with Gasteiger partial charge in [0, 0.05) is 0 Å². The van der Waals surface area contributed by atoms with Crippen LogP contribution >= 0.6 is 0 Å². The predicted molar refractivity (Wildman–Crippen MR) is 22.2 cm³/mol. The van der Waals surface area contributed by atoms with E-state index in [1.807, 2.05) is 0 Å². The lowest BCUT2D eigenvalue weighted by molar-refractivity contribution is 1.05. The molecule has 0 aromatic carbocycles. The van der Waals surface area contributed by atoms with Gasteiger partial charge in [0.1, 0.15) is 0 Å². The predicted octanol–water partition coefficient (Wildman–Crippen LogP) is 0.619. The lowest BCUT2D eigenvalue weighted by atomic mass is 11.0. The summed E-state index contributed by atoms with van der Waals surface area (Å²) in [5.41, 5.74) is 0. The zero-order valence-corrected chi connectivity index (χ0v) is 3.44. The molecule has 5 nitrogen and oxygen atoms in total. The molecule has 0 spiro atoms. The molecule has 0 fully saturated rings. The maximum atomic E-state index is 7.91. The summed E-state index contributed by atoms with van der Waals surface area (Å²) in [6, 6.07) is 0. The summed E-state index contributed by atoms with van der Waals surface area (Å²) in [5, 5.41) is 14.6. The Bertz CT molecular complexity index is 159. The molecule has 0 aromatic heterocycles. The molecule has 0 saturated carbocycles. The Morgan fingerprint density at radius 2 is 2.57 bits per heavy atom. The lowest BCUT2D eigenvalue weighted by Gasteiger charge is -1.48. The monoisotopic (exact) mass is 96.0 g/mol. The Balaban J connectivity index is 2.75. The summed E-state index contributed by atoms with van der Waals surface area (Å²) in [6.07, 6.45) is 0. The third-order valence-electron chi connectivity index (χ3n) is 0.525. The van der Waals surface area contributed by atoms with Gasteiger partial charge in [-0.3, -0.25) is 0 Å². The van der Waals surface area contributed by atoms with Crippen molar-refractivity contribution in [3.63, 3.8) is 0 Å². The SMILES string of the molecule is N#[N+]C1=NCN=N1. The maximum absolute atomic E-state index is 7.91. The van der Waals surface area contributed by atoms with Crippen molar-refractivity contribution in [1.29, 1.82) is 5.39 Å². The highest BCUT2D eigenvalue weighted by Gasteiger charge is 2.13. The van der Waals surface area contributed by atoms with Crippen molar-refractivity contribution in [3.8, 4) is 0 Å². The molecule has 5 heteroatoms. The molecule has 1 heterocycles. The molecule has 0 amide bonds. The van der Waals surface area contributed by atoms with Gasteiger partial charge in [0.05, 0.1) is 10.5 Å². The molecule has 0 aliphatic carbocycles. The first-order valence-corrected chi connectivity index (χ1v) is 1.70. The fraction of sp³-hybridized carbons (Fsp3) is 0.500. The number of aliphatic imine (C=N–C) groups is 1. The molecule has 1 rings (SSSR count). The van der Waals surface area contributed by atoms with Crippen molar-refractivity contribution >= 4 is 5.96 Å². The molecule has 0 saturated heterocycles. The number of azo groups is 1. The van der Waals surface area contributed by atoms with Crippen LogP contribution in [0.15, 0.2) is 15.2 Å². The Labute approximate surface area is 39.4 Å². The van der Waals surface area contributed by atoms with E-state index in [1.54, 1.807) is 0 Å². The van der Waals surface area contributed by atoms with E-state index in [4.69, 9.17) is 5.39 Å². The number of guanidine groups is 1. The first-order chi connectivity index (χ1) is 3.43. The quantitative estimate of drug-likeness (QED) is 0.407. The molecule has 0 radical (unpaired) electrons. The van der Waals surface area contributed by atoms with Crippen LogP contribution in [0, 0.1) is 5.39 Å². The van der Waals surface area contributed by atoms with Crippen LogP contribution in [0.25, 0.3) is 4.98 Å². The van der Waals surface area contributed by atoms with Gasteiger partial charge in [-0.1, -0.05) is 10.1 Å². The minimum Gasteiger partial charge on any atom is -0.0667 e. The van der Waals surface area contributed by atoms with Crippen molar-refractivity contribution in [2.45, 2.75) is 0 Å². The minimum absolute atomic E-state index is 0.0556. The Morgan fingerprint density at radius 1 is 1.71 bits per heavy atom. The van der Waals surface area contributed by atoms with Gasteiger partial charge in [0.2, 0.25) is 6.67 Å². The summed E-state index contributed by atoms with van der Waals surface area (Å²) < 4.78 is 0. The summed E-state index contributed by atoms with van der Waals surface area (Å²) in [5.74, 6) is 0.0556. The molecule has 0 atom stereocenters. The topological polar surface area (TPSA) is 65.2 Å². The maximum Gasteiger partial charge on any atom is 0.580 e. The fourth-order valence-electron chi connectivity index (χ4n) is 0.273. The third kappa shape index (κ3) is 0.574. The van der Waals surface area contributed by atoms with Crippen molar-refractivity contribution in [1.82, 2.24) is 0 Å². The molecule has 0 N–H and O–H groups in total. The molecule has 0 unspecified atom stereocenters. The van der Waals surface area contributed by atoms with E-state index in [0.29, 0.717) is 6.67 Å². The Hall–Kier alpha value is -1.31. The van der Waals surface area contributed by atoms with Crippen molar-refractivity contribution in [2.24, 2.45) is 15.2 Å². The van der Waals surface area contributed by atoms with Crippen LogP contribution in [-0.4, -0.2) is 12.6 Å². The number of hydrogen-bond donors (Lipinski definition) is 0. The van der Waals surface area contributed by atoms with Gasteiger partial charge in [-0.05, 0) is 4.98 Å². The molecule has 34 valence electrons. The molecule has 0 bridgehead atoms. The standard InChI is InChI=1S/C2H2N5/c3-6-2-4-1-5-7-2/h1H2/q+1. The van der Waals surface area contributed by atoms with Crippen LogP contribution in [0.1, 0.15) is 0 Å². The van der Waals surface area contributed by atoms with Crippen molar-refractivity contribution in [3.05, 3.63) is 4.98 Å². The van der Waals surface area contributed by atoms with Crippen LogP contribution < -0.4 is 0 Å². The highest BCUT2D eigenvalue weighted by Crippen LogP contribution is 1.93. The lowest BCUT2D eigenvalue weighted by Crippen LogP contribution is -1.74. The molecule has 1 aliphatic rings. The van der Waals surface area contributed by atoms with Crippen LogP contribution in [0.4, 0.5) is 0 Å². The van der Waals surface area contributed by atoms with Gasteiger partial charge < -0.3 is 0 Å². The zero-order chi connectivity index (χ0) is 5.11. The van der Waals surface area contributed by atoms with E-state index < -0.39 is 0 Å². The number of nitrogens with zero attached hydrogens (tertiary/aromatic N) is 5. The van der Waals surface area contributed by atoms with Crippen molar-refractivity contribution in [2.75, 3.05) is 6.67 Å². The molecular weight excluding hydrogens is 94.1 g/mol. The van der Waals surface area contributed by atoms with E-state index in [0.717, 1.165) is 0 Å². The molecule has 7 heavy (non-hydrogen) atoms. The highest BCUT2D eigenvalue weighted by molar-refractivity contribution is 5.89. The fourth-order valence-corrected chi connectivity index (χ4v) is 0.273. The van der Waals surface area contributed by atoms with Crippen LogP contribution in [-0.2, 0) is 0 Å². The van der Waals surface area contributed by atoms with Gasteiger partial charge >= 0.3 is 5.96 Å². The van der Waals surface area contributed by atoms with E-state index >= 15 is 0 Å². The number of diazo groups is 1. The molecule has 0 aromatic rings. The van der Waals surface area contributed by atoms with Crippen LogP contribution in [0.3, 0.4) is 0 Å². The van der Waals surface area contributed by atoms with E-state index in [1.165, 1.54) is 0 Å². The summed E-state index contributed by atoms with van der Waals surface area (Å²) in [4.78, 5) is 6.20. The summed E-state index contributed by atoms with van der Waals surface area (Å²) >= 11 is 0. The normalized spacial score (nSPS) is 16.1. The van der Waals surface area contributed by atoms with Crippen LogP contribution in [0.2, 0.25) is 0 Å². The van der Waals surface area contributed by atoms with Gasteiger partial charge in [0.15, 0.2) is 0 Å².